The number of aliphatic hydroxyl groups is 1. The van der Waals surface area contributed by atoms with Gasteiger partial charge in [0.2, 0.25) is 0 Å². The van der Waals surface area contributed by atoms with Gasteiger partial charge in [0.25, 0.3) is 0 Å². The molecule has 1 aromatic carbocycles. The van der Waals surface area contributed by atoms with E-state index < -0.39 is 0 Å². The zero-order valence-electron chi connectivity index (χ0n) is 12.3. The molecule has 112 valence electrons. The summed E-state index contributed by atoms with van der Waals surface area (Å²) in [5.41, 5.74) is 7.10. The van der Waals surface area contributed by atoms with Crippen molar-refractivity contribution in [1.29, 1.82) is 0 Å². The highest BCUT2D eigenvalue weighted by molar-refractivity contribution is 5.44. The highest BCUT2D eigenvalue weighted by atomic mass is 16.5. The molecule has 1 saturated carbocycles. The van der Waals surface area contributed by atoms with Gasteiger partial charge in [0.05, 0.1) is 20.3 Å². The third-order valence-electron chi connectivity index (χ3n) is 4.39. The minimum absolute atomic E-state index is 0.171. The number of nitrogens with two attached hydrogens (primary N) is 1. The van der Waals surface area contributed by atoms with Crippen molar-refractivity contribution < 1.29 is 14.6 Å². The maximum Gasteiger partial charge on any atom is 0.160 e. The maximum atomic E-state index is 10.2. The fourth-order valence-corrected chi connectivity index (χ4v) is 3.25. The van der Waals surface area contributed by atoms with E-state index in [0.29, 0.717) is 12.3 Å². The van der Waals surface area contributed by atoms with Crippen molar-refractivity contribution in [2.45, 2.75) is 37.7 Å². The van der Waals surface area contributed by atoms with Gasteiger partial charge in [-0.3, -0.25) is 0 Å². The van der Waals surface area contributed by atoms with E-state index in [4.69, 9.17) is 15.2 Å². The summed E-state index contributed by atoms with van der Waals surface area (Å²) in [6.07, 6.45) is 3.96. The number of ether oxygens (including phenoxy) is 2. The minimum atomic E-state index is -0.245. The quantitative estimate of drug-likeness (QED) is 0.868. The van der Waals surface area contributed by atoms with Gasteiger partial charge >= 0.3 is 0 Å². The van der Waals surface area contributed by atoms with E-state index in [-0.39, 0.29) is 17.9 Å². The molecule has 1 aliphatic carbocycles. The Kier molecular flexibility index (Phi) is 5.26. The Labute approximate surface area is 120 Å². The van der Waals surface area contributed by atoms with E-state index in [0.717, 1.165) is 30.6 Å². The smallest absolute Gasteiger partial charge is 0.160 e. The standard InChI is InChI=1S/C16H25NO3/c1-19-15-8-7-11(9-16(15)20-2)13(10-17)12-5-3-4-6-14(12)18/h7-9,12-14,18H,3-6,10,17H2,1-2H3/t12?,13-,14-/m0/s1. The summed E-state index contributed by atoms with van der Waals surface area (Å²) in [5.74, 6) is 1.85. The van der Waals surface area contributed by atoms with Gasteiger partial charge in [-0.2, -0.15) is 0 Å². The molecule has 0 radical (unpaired) electrons. The second-order valence-electron chi connectivity index (χ2n) is 5.47. The molecular weight excluding hydrogens is 254 g/mol. The highest BCUT2D eigenvalue weighted by Crippen LogP contribution is 2.38. The molecule has 4 nitrogen and oxygen atoms in total. The lowest BCUT2D eigenvalue weighted by molar-refractivity contribution is 0.0560. The first-order valence-corrected chi connectivity index (χ1v) is 7.31. The van der Waals surface area contributed by atoms with Crippen LogP contribution in [0.15, 0.2) is 18.2 Å². The Morgan fingerprint density at radius 1 is 1.20 bits per heavy atom. The van der Waals surface area contributed by atoms with Gasteiger partial charge < -0.3 is 20.3 Å². The largest absolute Gasteiger partial charge is 0.493 e. The van der Waals surface area contributed by atoms with Gasteiger partial charge in [-0.05, 0) is 43.0 Å². The van der Waals surface area contributed by atoms with E-state index >= 15 is 0 Å². The van der Waals surface area contributed by atoms with Crippen LogP contribution in [0.2, 0.25) is 0 Å². The predicted octanol–water partition coefficient (Wildman–Crippen LogP) is 2.30. The lowest BCUT2D eigenvalue weighted by atomic mass is 9.75. The summed E-state index contributed by atoms with van der Waals surface area (Å²) in [6, 6.07) is 5.92. The van der Waals surface area contributed by atoms with Gasteiger partial charge in [-0.15, -0.1) is 0 Å². The SMILES string of the molecule is COc1ccc([C@H](CN)C2CCCC[C@@H]2O)cc1OC. The van der Waals surface area contributed by atoms with Crippen LogP contribution in [0.1, 0.15) is 37.2 Å². The first-order valence-electron chi connectivity index (χ1n) is 7.31. The van der Waals surface area contributed by atoms with E-state index in [1.165, 1.54) is 6.42 Å². The van der Waals surface area contributed by atoms with Crippen LogP contribution in [-0.2, 0) is 0 Å². The second kappa shape index (κ2) is 6.95. The molecule has 20 heavy (non-hydrogen) atoms. The fraction of sp³-hybridized carbons (Fsp3) is 0.625. The van der Waals surface area contributed by atoms with Crippen LogP contribution >= 0.6 is 0 Å². The molecule has 0 bridgehead atoms. The number of hydrogen-bond donors (Lipinski definition) is 2. The average molecular weight is 279 g/mol. The Balaban J connectivity index is 2.26. The Morgan fingerprint density at radius 2 is 1.90 bits per heavy atom. The van der Waals surface area contributed by atoms with E-state index in [2.05, 4.69) is 0 Å². The number of benzene rings is 1. The van der Waals surface area contributed by atoms with Crippen molar-refractivity contribution in [3.8, 4) is 11.5 Å². The Morgan fingerprint density at radius 3 is 2.50 bits per heavy atom. The molecule has 1 aliphatic rings. The van der Waals surface area contributed by atoms with Crippen LogP contribution in [0.3, 0.4) is 0 Å². The lowest BCUT2D eigenvalue weighted by Crippen LogP contribution is -2.33. The van der Waals surface area contributed by atoms with Crippen LogP contribution in [-0.4, -0.2) is 32.0 Å². The van der Waals surface area contributed by atoms with Crippen LogP contribution in [0, 0.1) is 5.92 Å². The third kappa shape index (κ3) is 3.07. The summed E-state index contributed by atoms with van der Waals surface area (Å²) in [6.45, 7) is 0.539. The third-order valence-corrected chi connectivity index (χ3v) is 4.39. The molecule has 0 aromatic heterocycles. The number of hydrogen-bond acceptors (Lipinski definition) is 4. The van der Waals surface area contributed by atoms with E-state index in [1.807, 2.05) is 18.2 Å². The second-order valence-corrected chi connectivity index (χ2v) is 5.47. The summed E-state index contributed by atoms with van der Waals surface area (Å²) < 4.78 is 10.6. The van der Waals surface area contributed by atoms with Crippen molar-refractivity contribution >= 4 is 0 Å². The van der Waals surface area contributed by atoms with Crippen molar-refractivity contribution in [3.63, 3.8) is 0 Å². The summed E-state index contributed by atoms with van der Waals surface area (Å²) in [7, 11) is 3.26. The zero-order valence-corrected chi connectivity index (χ0v) is 12.3. The first kappa shape index (κ1) is 15.1. The molecule has 1 fully saturated rings. The maximum absolute atomic E-state index is 10.2. The molecule has 3 N–H and O–H groups in total. The fourth-order valence-electron chi connectivity index (χ4n) is 3.25. The molecule has 0 aliphatic heterocycles. The van der Waals surface area contributed by atoms with Gasteiger partial charge in [0.15, 0.2) is 11.5 Å². The van der Waals surface area contributed by atoms with Crippen LogP contribution < -0.4 is 15.2 Å². The van der Waals surface area contributed by atoms with Crippen molar-refractivity contribution in [2.24, 2.45) is 11.7 Å². The van der Waals surface area contributed by atoms with Gasteiger partial charge in [0.1, 0.15) is 0 Å². The monoisotopic (exact) mass is 279 g/mol. The van der Waals surface area contributed by atoms with E-state index in [9.17, 15) is 5.11 Å². The molecule has 0 heterocycles. The lowest BCUT2D eigenvalue weighted by Gasteiger charge is -2.34. The number of rotatable bonds is 5. The van der Waals surface area contributed by atoms with Crippen molar-refractivity contribution in [3.05, 3.63) is 23.8 Å². The van der Waals surface area contributed by atoms with Crippen LogP contribution in [0.5, 0.6) is 11.5 Å². The van der Waals surface area contributed by atoms with Crippen molar-refractivity contribution in [1.82, 2.24) is 0 Å². The van der Waals surface area contributed by atoms with Gasteiger partial charge in [-0.1, -0.05) is 18.9 Å². The molecule has 1 unspecified atom stereocenters. The summed E-state index contributed by atoms with van der Waals surface area (Å²) in [5, 5.41) is 10.2. The Hall–Kier alpha value is -1.26. The zero-order chi connectivity index (χ0) is 14.5. The molecule has 0 amide bonds. The average Bonchev–Trinajstić information content (AvgIpc) is 2.49. The van der Waals surface area contributed by atoms with Crippen LogP contribution in [0.25, 0.3) is 0 Å². The number of methoxy groups -OCH3 is 2. The number of aliphatic hydroxyl groups excluding tert-OH is 1. The van der Waals surface area contributed by atoms with Crippen LogP contribution in [0.4, 0.5) is 0 Å². The molecule has 2 rings (SSSR count). The highest BCUT2D eigenvalue weighted by Gasteiger charge is 2.31. The predicted molar refractivity (Wildman–Crippen MR) is 79.3 cm³/mol. The first-order chi connectivity index (χ1) is 9.71. The molecule has 0 saturated heterocycles. The summed E-state index contributed by atoms with van der Waals surface area (Å²) >= 11 is 0. The molecule has 0 spiro atoms. The molecular formula is C16H25NO3. The Bertz CT molecular complexity index is 436. The van der Waals surface area contributed by atoms with E-state index in [1.54, 1.807) is 14.2 Å². The van der Waals surface area contributed by atoms with Gasteiger partial charge in [-0.25, -0.2) is 0 Å². The topological polar surface area (TPSA) is 64.7 Å². The normalized spacial score (nSPS) is 24.2. The molecule has 3 atom stereocenters. The molecule has 4 heteroatoms. The minimum Gasteiger partial charge on any atom is -0.493 e. The molecule has 1 aromatic rings. The van der Waals surface area contributed by atoms with Crippen molar-refractivity contribution in [2.75, 3.05) is 20.8 Å². The summed E-state index contributed by atoms with van der Waals surface area (Å²) in [4.78, 5) is 0. The van der Waals surface area contributed by atoms with Gasteiger partial charge in [0, 0.05) is 5.92 Å².